The van der Waals surface area contributed by atoms with Crippen molar-refractivity contribution in [1.82, 2.24) is 15.2 Å². The fraction of sp³-hybridized carbons (Fsp3) is 0.105. The summed E-state index contributed by atoms with van der Waals surface area (Å²) in [6.45, 7) is 0.343. The summed E-state index contributed by atoms with van der Waals surface area (Å²) in [5.74, 6) is 0.778. The van der Waals surface area contributed by atoms with E-state index in [2.05, 4.69) is 20.5 Å². The Labute approximate surface area is 167 Å². The van der Waals surface area contributed by atoms with Gasteiger partial charge in [-0.05, 0) is 47.3 Å². The summed E-state index contributed by atoms with van der Waals surface area (Å²) in [5.41, 5.74) is 0.372. The lowest BCUT2D eigenvalue weighted by Gasteiger charge is -2.08. The molecule has 3 heterocycles. The highest BCUT2D eigenvalue weighted by Gasteiger charge is 2.30. The molecule has 1 aromatic carbocycles. The van der Waals surface area contributed by atoms with Crippen LogP contribution in [0.5, 0.6) is 5.75 Å². The van der Waals surface area contributed by atoms with Gasteiger partial charge in [-0.3, -0.25) is 4.98 Å². The zero-order valence-corrected chi connectivity index (χ0v) is 15.5. The first kappa shape index (κ1) is 18.9. The Hall–Kier alpha value is -3.40. The van der Waals surface area contributed by atoms with E-state index in [-0.39, 0.29) is 17.6 Å². The fourth-order valence-corrected chi connectivity index (χ4v) is 3.22. The third kappa shape index (κ3) is 4.54. The number of ether oxygens (including phenoxy) is 1. The maximum atomic E-state index is 12.8. The highest BCUT2D eigenvalue weighted by Crippen LogP contribution is 2.36. The largest absolute Gasteiger partial charge is 0.487 e. The van der Waals surface area contributed by atoms with Gasteiger partial charge in [0.05, 0.1) is 5.56 Å². The van der Waals surface area contributed by atoms with E-state index in [4.69, 9.17) is 9.15 Å². The molecule has 0 aliphatic carbocycles. The zero-order valence-electron chi connectivity index (χ0n) is 14.7. The van der Waals surface area contributed by atoms with E-state index in [1.165, 1.54) is 23.5 Å². The number of benzene rings is 1. The van der Waals surface area contributed by atoms with Gasteiger partial charge in [0.25, 0.3) is 5.89 Å². The van der Waals surface area contributed by atoms with Crippen LogP contribution >= 0.6 is 11.3 Å². The molecular formula is C19H13F3N4O2S. The van der Waals surface area contributed by atoms with Crippen molar-refractivity contribution in [3.63, 3.8) is 0 Å². The number of hydrogen-bond acceptors (Lipinski definition) is 7. The molecule has 4 aromatic rings. The molecule has 0 aliphatic heterocycles. The number of nitrogens with one attached hydrogen (secondary N) is 1. The molecule has 3 aromatic heterocycles. The van der Waals surface area contributed by atoms with E-state index in [0.717, 1.165) is 17.7 Å². The molecule has 0 spiro atoms. The molecule has 0 saturated heterocycles. The maximum Gasteiger partial charge on any atom is 0.416 e. The summed E-state index contributed by atoms with van der Waals surface area (Å²) in [7, 11) is 0. The summed E-state index contributed by atoms with van der Waals surface area (Å²) in [6.07, 6.45) is -1.08. The molecule has 0 bridgehead atoms. The van der Waals surface area contributed by atoms with E-state index < -0.39 is 11.7 Å². The minimum Gasteiger partial charge on any atom is -0.487 e. The third-order valence-corrected chi connectivity index (χ3v) is 4.72. The van der Waals surface area contributed by atoms with E-state index in [1.54, 1.807) is 18.5 Å². The lowest BCUT2D eigenvalue weighted by molar-refractivity contribution is -0.137. The molecule has 1 N–H and O–H groups in total. The maximum absolute atomic E-state index is 12.8. The van der Waals surface area contributed by atoms with Crippen LogP contribution in [0.1, 0.15) is 11.1 Å². The molecule has 0 fully saturated rings. The smallest absolute Gasteiger partial charge is 0.416 e. The normalized spacial score (nSPS) is 11.4. The number of pyridine rings is 1. The topological polar surface area (TPSA) is 73.1 Å². The van der Waals surface area contributed by atoms with Gasteiger partial charge < -0.3 is 14.5 Å². The van der Waals surface area contributed by atoms with Gasteiger partial charge in [0.2, 0.25) is 0 Å². The number of aromatic nitrogens is 3. The number of anilines is 2. The predicted octanol–water partition coefficient (Wildman–Crippen LogP) is 5.53. The number of alkyl halides is 3. The molecule has 0 radical (unpaired) electrons. The first-order valence-electron chi connectivity index (χ1n) is 8.36. The van der Waals surface area contributed by atoms with E-state index in [9.17, 15) is 13.2 Å². The van der Waals surface area contributed by atoms with Gasteiger partial charge in [-0.2, -0.15) is 13.2 Å². The minimum absolute atomic E-state index is 0.0205. The quantitative estimate of drug-likeness (QED) is 0.444. The van der Waals surface area contributed by atoms with Gasteiger partial charge in [0.1, 0.15) is 17.2 Å². The van der Waals surface area contributed by atoms with Crippen molar-refractivity contribution in [2.75, 3.05) is 5.32 Å². The highest BCUT2D eigenvalue weighted by molar-refractivity contribution is 7.13. The van der Waals surface area contributed by atoms with Crippen LogP contribution < -0.4 is 10.1 Å². The second-order valence-corrected chi connectivity index (χ2v) is 6.79. The Bertz CT molecular complexity index is 1100. The van der Waals surface area contributed by atoms with Crippen LogP contribution in [0, 0.1) is 0 Å². The van der Waals surface area contributed by atoms with E-state index in [1.807, 2.05) is 17.5 Å². The average Bonchev–Trinajstić information content (AvgIpc) is 3.36. The molecule has 10 heteroatoms. The Kier molecular flexibility index (Phi) is 5.17. The van der Waals surface area contributed by atoms with Gasteiger partial charge in [-0.1, -0.05) is 11.2 Å². The molecule has 0 saturated carbocycles. The van der Waals surface area contributed by atoms with Crippen molar-refractivity contribution >= 4 is 23.0 Å². The second kappa shape index (κ2) is 7.92. The summed E-state index contributed by atoms with van der Waals surface area (Å²) < 4.78 is 49.9. The molecule has 148 valence electrons. The van der Waals surface area contributed by atoms with Crippen molar-refractivity contribution in [3.8, 4) is 16.5 Å². The van der Waals surface area contributed by atoms with Crippen LogP contribution in [0.15, 0.2) is 64.7 Å². The predicted molar refractivity (Wildman–Crippen MR) is 101 cm³/mol. The number of hydrogen-bond donors (Lipinski definition) is 1. The van der Waals surface area contributed by atoms with Crippen molar-refractivity contribution in [1.29, 1.82) is 0 Å². The van der Waals surface area contributed by atoms with Gasteiger partial charge in [-0.15, -0.1) is 16.4 Å². The van der Waals surface area contributed by atoms with Crippen LogP contribution in [0.3, 0.4) is 0 Å². The van der Waals surface area contributed by atoms with Crippen molar-refractivity contribution in [3.05, 3.63) is 71.4 Å². The summed E-state index contributed by atoms with van der Waals surface area (Å²) in [4.78, 5) is 4.58. The summed E-state index contributed by atoms with van der Waals surface area (Å²) in [6, 6.07) is 10.2. The van der Waals surface area contributed by atoms with Gasteiger partial charge >= 0.3 is 12.2 Å². The Morgan fingerprint density at radius 1 is 1.07 bits per heavy atom. The lowest BCUT2D eigenvalue weighted by atomic mass is 10.2. The van der Waals surface area contributed by atoms with E-state index in [0.29, 0.717) is 17.2 Å². The SMILES string of the molecule is FC(F)(F)c1cccc(Nc2nnc(-c3sccc3OCc3ccncc3)o2)c1. The molecule has 0 unspecified atom stereocenters. The monoisotopic (exact) mass is 418 g/mol. The third-order valence-electron chi connectivity index (χ3n) is 3.83. The Balaban J connectivity index is 1.48. The minimum atomic E-state index is -4.43. The van der Waals surface area contributed by atoms with Gasteiger partial charge in [-0.25, -0.2) is 0 Å². The molecule has 4 rings (SSSR count). The number of rotatable bonds is 6. The molecular weight excluding hydrogens is 405 g/mol. The Morgan fingerprint density at radius 2 is 1.90 bits per heavy atom. The zero-order chi connectivity index (χ0) is 20.3. The lowest BCUT2D eigenvalue weighted by Crippen LogP contribution is -2.05. The van der Waals surface area contributed by atoms with Gasteiger partial charge in [0, 0.05) is 18.1 Å². The second-order valence-electron chi connectivity index (χ2n) is 5.87. The molecule has 6 nitrogen and oxygen atoms in total. The van der Waals surface area contributed by atoms with Crippen LogP contribution in [-0.4, -0.2) is 15.2 Å². The summed E-state index contributed by atoms with van der Waals surface area (Å²) in [5, 5.41) is 12.3. The van der Waals surface area contributed by atoms with Crippen molar-refractivity contribution < 1.29 is 22.3 Å². The molecule has 0 amide bonds. The average molecular weight is 418 g/mol. The standard InChI is InChI=1S/C19H13F3N4O2S/c20-19(21,22)13-2-1-3-14(10-13)24-18-26-25-17(28-18)16-15(6-9-29-16)27-11-12-4-7-23-8-5-12/h1-10H,11H2,(H,24,26). The molecule has 0 atom stereocenters. The number of thiophene rings is 1. The first-order chi connectivity index (χ1) is 14.0. The van der Waals surface area contributed by atoms with Crippen molar-refractivity contribution in [2.45, 2.75) is 12.8 Å². The van der Waals surface area contributed by atoms with Crippen LogP contribution in [0.25, 0.3) is 10.8 Å². The van der Waals surface area contributed by atoms with Crippen LogP contribution in [0.4, 0.5) is 24.9 Å². The van der Waals surface area contributed by atoms with Crippen LogP contribution in [-0.2, 0) is 12.8 Å². The number of nitrogens with zero attached hydrogens (tertiary/aromatic N) is 3. The molecule has 0 aliphatic rings. The highest BCUT2D eigenvalue weighted by atomic mass is 32.1. The fourth-order valence-electron chi connectivity index (χ4n) is 2.47. The van der Waals surface area contributed by atoms with Crippen molar-refractivity contribution in [2.24, 2.45) is 0 Å². The molecule has 29 heavy (non-hydrogen) atoms. The first-order valence-corrected chi connectivity index (χ1v) is 9.24. The van der Waals surface area contributed by atoms with Crippen LogP contribution in [0.2, 0.25) is 0 Å². The van der Waals surface area contributed by atoms with Gasteiger partial charge in [0.15, 0.2) is 0 Å². The number of halogens is 3. The Morgan fingerprint density at radius 3 is 2.69 bits per heavy atom. The van der Waals surface area contributed by atoms with E-state index >= 15 is 0 Å². The summed E-state index contributed by atoms with van der Waals surface area (Å²) >= 11 is 1.35.